The second kappa shape index (κ2) is 10.0. The van der Waals surface area contributed by atoms with E-state index in [1.54, 1.807) is 0 Å². The van der Waals surface area contributed by atoms with E-state index in [4.69, 9.17) is 9.47 Å². The first kappa shape index (κ1) is 25.9. The van der Waals surface area contributed by atoms with Gasteiger partial charge in [-0.3, -0.25) is 25.0 Å². The molecule has 1 aliphatic rings. The van der Waals surface area contributed by atoms with E-state index in [1.807, 2.05) is 0 Å². The van der Waals surface area contributed by atoms with Gasteiger partial charge in [0.2, 0.25) is 5.75 Å². The number of carbonyl (C=O) groups excluding carboxylic acids is 3. The smallest absolute Gasteiger partial charge is 0.416 e. The van der Waals surface area contributed by atoms with E-state index < -0.39 is 51.5 Å². The van der Waals surface area contributed by atoms with Crippen LogP contribution in [0, 0.1) is 10.1 Å². The molecule has 38 heavy (non-hydrogen) atoms. The predicted octanol–water partition coefficient (Wildman–Crippen LogP) is 5.08. The second-order valence-electron chi connectivity index (χ2n) is 7.73. The Kier molecular flexibility index (Phi) is 6.84. The number of hydrogen-bond donors (Lipinski definition) is 1. The lowest BCUT2D eigenvalue weighted by molar-refractivity contribution is -0.385. The van der Waals surface area contributed by atoms with Crippen LogP contribution in [0.15, 0.2) is 72.3 Å². The molecule has 0 bridgehead atoms. The summed E-state index contributed by atoms with van der Waals surface area (Å²) in [5.74, 6) is -2.09. The molecule has 1 heterocycles. The first-order valence-corrected chi connectivity index (χ1v) is 10.7. The summed E-state index contributed by atoms with van der Waals surface area (Å²) < 4.78 is 49.7. The van der Waals surface area contributed by atoms with Gasteiger partial charge in [-0.15, -0.1) is 0 Å². The Hall–Kier alpha value is -5.20. The quantitative estimate of drug-likeness (QED) is 0.205. The molecular formula is C25H16F3N3O7. The molecule has 1 saturated heterocycles. The van der Waals surface area contributed by atoms with Crippen LogP contribution in [0.5, 0.6) is 17.2 Å². The maximum Gasteiger partial charge on any atom is 0.416 e. The molecule has 0 radical (unpaired) electrons. The number of barbiturate groups is 1. The molecule has 1 fully saturated rings. The average Bonchev–Trinajstić information content (AvgIpc) is 2.87. The third-order valence-corrected chi connectivity index (χ3v) is 5.35. The Balaban J connectivity index is 1.71. The molecular weight excluding hydrogens is 511 g/mol. The van der Waals surface area contributed by atoms with Crippen molar-refractivity contribution in [2.75, 3.05) is 12.0 Å². The maximum absolute atomic E-state index is 13.2. The van der Waals surface area contributed by atoms with E-state index >= 15 is 0 Å². The summed E-state index contributed by atoms with van der Waals surface area (Å²) in [5.41, 5.74) is -2.40. The Morgan fingerprint density at radius 3 is 2.29 bits per heavy atom. The number of imide groups is 2. The van der Waals surface area contributed by atoms with Gasteiger partial charge in [0.05, 0.1) is 23.3 Å². The normalized spacial score (nSPS) is 14.9. The van der Waals surface area contributed by atoms with Crippen molar-refractivity contribution in [3.63, 3.8) is 0 Å². The highest BCUT2D eigenvalue weighted by Gasteiger charge is 2.37. The molecule has 10 nitrogen and oxygen atoms in total. The minimum absolute atomic E-state index is 0.0872. The molecule has 0 aromatic heterocycles. The van der Waals surface area contributed by atoms with Gasteiger partial charge in [-0.2, -0.15) is 13.2 Å². The molecule has 0 atom stereocenters. The minimum atomic E-state index is -4.81. The maximum atomic E-state index is 13.2. The van der Waals surface area contributed by atoms with Gasteiger partial charge in [-0.05, 0) is 48.5 Å². The van der Waals surface area contributed by atoms with E-state index in [-0.39, 0.29) is 17.0 Å². The number of urea groups is 1. The number of anilines is 1. The van der Waals surface area contributed by atoms with Crippen LogP contribution in [0.4, 0.5) is 29.3 Å². The molecule has 0 aliphatic carbocycles. The number of para-hydroxylation sites is 1. The zero-order valence-electron chi connectivity index (χ0n) is 19.3. The lowest BCUT2D eigenvalue weighted by Crippen LogP contribution is -2.54. The summed E-state index contributed by atoms with van der Waals surface area (Å²) in [7, 11) is 1.44. The van der Waals surface area contributed by atoms with Gasteiger partial charge in [0.15, 0.2) is 0 Å². The Morgan fingerprint density at radius 1 is 0.974 bits per heavy atom. The third-order valence-electron chi connectivity index (χ3n) is 5.35. The number of benzene rings is 3. The van der Waals surface area contributed by atoms with Crippen LogP contribution < -0.4 is 19.7 Å². The van der Waals surface area contributed by atoms with Gasteiger partial charge >= 0.3 is 17.9 Å². The molecule has 0 spiro atoms. The number of ether oxygens (including phenoxy) is 2. The molecule has 13 heteroatoms. The average molecular weight is 527 g/mol. The van der Waals surface area contributed by atoms with Gasteiger partial charge in [-0.25, -0.2) is 9.69 Å². The number of nitrogens with zero attached hydrogens (tertiary/aromatic N) is 2. The summed E-state index contributed by atoms with van der Waals surface area (Å²) in [6.07, 6.45) is -3.71. The summed E-state index contributed by atoms with van der Waals surface area (Å²) in [4.78, 5) is 49.2. The van der Waals surface area contributed by atoms with Crippen LogP contribution >= 0.6 is 0 Å². The van der Waals surface area contributed by atoms with E-state index in [1.165, 1.54) is 55.6 Å². The number of amides is 4. The van der Waals surface area contributed by atoms with Crippen LogP contribution in [-0.2, 0) is 15.8 Å². The number of methoxy groups -OCH3 is 1. The Labute approximate surface area is 212 Å². The molecule has 4 amide bonds. The van der Waals surface area contributed by atoms with Gasteiger partial charge < -0.3 is 9.47 Å². The molecule has 1 N–H and O–H groups in total. The molecule has 3 aromatic rings. The largest absolute Gasteiger partial charge is 0.497 e. The second-order valence-corrected chi connectivity index (χ2v) is 7.73. The topological polar surface area (TPSA) is 128 Å². The molecule has 194 valence electrons. The van der Waals surface area contributed by atoms with Gasteiger partial charge in [0.1, 0.15) is 17.1 Å². The first-order chi connectivity index (χ1) is 18.0. The van der Waals surface area contributed by atoms with Crippen molar-refractivity contribution in [3.05, 3.63) is 93.5 Å². The van der Waals surface area contributed by atoms with E-state index in [9.17, 15) is 37.7 Å². The van der Waals surface area contributed by atoms with Crippen molar-refractivity contribution >= 4 is 35.3 Å². The first-order valence-electron chi connectivity index (χ1n) is 10.7. The number of alkyl halides is 3. The van der Waals surface area contributed by atoms with Crippen molar-refractivity contribution in [1.29, 1.82) is 0 Å². The molecule has 4 rings (SSSR count). The highest BCUT2D eigenvalue weighted by Crippen LogP contribution is 2.39. The minimum Gasteiger partial charge on any atom is -0.497 e. The highest BCUT2D eigenvalue weighted by atomic mass is 19.4. The summed E-state index contributed by atoms with van der Waals surface area (Å²) in [5, 5.41) is 13.5. The number of nitro groups is 1. The van der Waals surface area contributed by atoms with Crippen LogP contribution in [-0.4, -0.2) is 29.9 Å². The Bertz CT molecular complexity index is 1480. The monoisotopic (exact) mass is 527 g/mol. The number of hydrogen-bond acceptors (Lipinski definition) is 7. The number of rotatable bonds is 6. The van der Waals surface area contributed by atoms with E-state index in [2.05, 4.69) is 5.32 Å². The van der Waals surface area contributed by atoms with E-state index in [0.29, 0.717) is 17.9 Å². The summed E-state index contributed by atoms with van der Waals surface area (Å²) in [6.45, 7) is 0. The number of halogens is 3. The predicted molar refractivity (Wildman–Crippen MR) is 127 cm³/mol. The molecule has 0 unspecified atom stereocenters. The lowest BCUT2D eigenvalue weighted by atomic mass is 10.1. The number of carbonyl (C=O) groups is 3. The third kappa shape index (κ3) is 5.16. The van der Waals surface area contributed by atoms with Gasteiger partial charge in [0, 0.05) is 11.6 Å². The van der Waals surface area contributed by atoms with E-state index in [0.717, 1.165) is 17.0 Å². The van der Waals surface area contributed by atoms with Crippen molar-refractivity contribution in [2.24, 2.45) is 0 Å². The molecule has 3 aromatic carbocycles. The SMILES string of the molecule is COc1ccc(N2C(=O)NC(=O)/C(=C\c3ccccc3Oc3ccc(C(F)(F)F)cc3[N+](=O)[O-])C2=O)cc1. The van der Waals surface area contributed by atoms with Crippen LogP contribution in [0.25, 0.3) is 6.08 Å². The Morgan fingerprint density at radius 2 is 1.66 bits per heavy atom. The van der Waals surface area contributed by atoms with Crippen LogP contribution in [0.3, 0.4) is 0 Å². The fourth-order valence-corrected chi connectivity index (χ4v) is 3.51. The van der Waals surface area contributed by atoms with Crippen LogP contribution in [0.2, 0.25) is 0 Å². The molecule has 1 aliphatic heterocycles. The highest BCUT2D eigenvalue weighted by molar-refractivity contribution is 6.39. The van der Waals surface area contributed by atoms with Crippen molar-refractivity contribution in [1.82, 2.24) is 5.32 Å². The van der Waals surface area contributed by atoms with Gasteiger partial charge in [0.25, 0.3) is 11.8 Å². The van der Waals surface area contributed by atoms with Crippen molar-refractivity contribution < 1.29 is 42.0 Å². The fraction of sp³-hybridized carbons (Fsp3) is 0.0800. The zero-order valence-corrected chi connectivity index (χ0v) is 19.3. The standard InChI is InChI=1S/C25H16F3N3O7/c1-37-17-9-7-16(8-10-17)30-23(33)18(22(32)29-24(30)34)12-14-4-2-3-5-20(14)38-21-11-6-15(25(26,27)28)13-19(21)31(35)36/h2-13H,1H3,(H,29,32,34)/b18-12+. The number of nitrogens with one attached hydrogen (secondary N) is 1. The summed E-state index contributed by atoms with van der Waals surface area (Å²) >= 11 is 0. The van der Waals surface area contributed by atoms with Crippen LogP contribution in [0.1, 0.15) is 11.1 Å². The molecule has 0 saturated carbocycles. The zero-order chi connectivity index (χ0) is 27.6. The number of nitro benzene ring substituents is 1. The lowest BCUT2D eigenvalue weighted by Gasteiger charge is -2.26. The summed E-state index contributed by atoms with van der Waals surface area (Å²) in [6, 6.07) is 12.4. The van der Waals surface area contributed by atoms with Gasteiger partial charge in [-0.1, -0.05) is 18.2 Å². The fourth-order valence-electron chi connectivity index (χ4n) is 3.51. The van der Waals surface area contributed by atoms with Crippen molar-refractivity contribution in [3.8, 4) is 17.2 Å². The van der Waals surface area contributed by atoms with Crippen molar-refractivity contribution in [2.45, 2.75) is 6.18 Å².